The van der Waals surface area contributed by atoms with Gasteiger partial charge in [-0.1, -0.05) is 60.7 Å². The van der Waals surface area contributed by atoms with Crippen LogP contribution in [0.3, 0.4) is 0 Å². The number of carbonyl (C=O) groups excluding carboxylic acids is 1. The number of nitrogens with zero attached hydrogens (tertiary/aromatic N) is 2. The van der Waals surface area contributed by atoms with Crippen molar-refractivity contribution in [2.45, 2.75) is 32.5 Å². The van der Waals surface area contributed by atoms with Crippen LogP contribution in [0.2, 0.25) is 0 Å². The van der Waals surface area contributed by atoms with Crippen LogP contribution in [0.5, 0.6) is 0 Å². The number of carbonyl (C=O) groups is 1. The minimum Gasteiger partial charge on any atom is -1.00 e. The highest BCUT2D eigenvalue weighted by Gasteiger charge is 2.29. The van der Waals surface area contributed by atoms with Gasteiger partial charge in [0.2, 0.25) is 0 Å². The van der Waals surface area contributed by atoms with Crippen LogP contribution in [-0.2, 0) is 35.6 Å². The minimum atomic E-state index is -0.200. The van der Waals surface area contributed by atoms with Crippen LogP contribution in [0.25, 0.3) is 11.3 Å². The van der Waals surface area contributed by atoms with Crippen molar-refractivity contribution in [2.75, 3.05) is 0 Å². The zero-order valence-electron chi connectivity index (χ0n) is 14.5. The Kier molecular flexibility index (Phi) is 5.89. The van der Waals surface area contributed by atoms with Crippen LogP contribution in [-0.4, -0.2) is 10.5 Å². The summed E-state index contributed by atoms with van der Waals surface area (Å²) in [6, 6.07) is 20.1. The second-order valence-electron chi connectivity index (χ2n) is 6.33. The molecule has 0 unspecified atom stereocenters. The van der Waals surface area contributed by atoms with Gasteiger partial charge in [-0.15, -0.1) is 0 Å². The number of hydrogen-bond donors (Lipinski definition) is 0. The van der Waals surface area contributed by atoms with Crippen molar-refractivity contribution in [3.63, 3.8) is 0 Å². The quantitative estimate of drug-likeness (QED) is 0.441. The topological polar surface area (TPSA) is 35.1 Å². The Labute approximate surface area is 163 Å². The van der Waals surface area contributed by atoms with Gasteiger partial charge in [-0.3, -0.25) is 0 Å². The molecular formula is C21H21BrN2O2. The molecule has 0 amide bonds. The molecule has 134 valence electrons. The first-order chi connectivity index (χ1) is 12.3. The van der Waals surface area contributed by atoms with E-state index in [2.05, 4.69) is 22.9 Å². The van der Waals surface area contributed by atoms with Crippen LogP contribution in [0.4, 0.5) is 0 Å². The van der Waals surface area contributed by atoms with Crippen molar-refractivity contribution in [2.24, 2.45) is 0 Å². The van der Waals surface area contributed by atoms with Crippen LogP contribution >= 0.6 is 0 Å². The second kappa shape index (κ2) is 8.32. The fourth-order valence-electron chi connectivity index (χ4n) is 3.41. The van der Waals surface area contributed by atoms with Crippen molar-refractivity contribution in [3.8, 4) is 11.3 Å². The molecule has 0 aliphatic carbocycles. The molecule has 2 aromatic carbocycles. The van der Waals surface area contributed by atoms with Crippen LogP contribution in [0.1, 0.15) is 17.8 Å². The second-order valence-corrected chi connectivity index (χ2v) is 6.33. The Morgan fingerprint density at radius 2 is 1.73 bits per heavy atom. The molecular weight excluding hydrogens is 392 g/mol. The maximum atomic E-state index is 12.3. The molecule has 4 nitrogen and oxygen atoms in total. The van der Waals surface area contributed by atoms with Crippen molar-refractivity contribution >= 4 is 5.97 Å². The van der Waals surface area contributed by atoms with Gasteiger partial charge in [-0.2, -0.15) is 0 Å². The van der Waals surface area contributed by atoms with Gasteiger partial charge in [0.05, 0.1) is 13.0 Å². The monoisotopic (exact) mass is 412 g/mol. The molecule has 1 aliphatic rings. The maximum Gasteiger partial charge on any atom is 0.348 e. The summed E-state index contributed by atoms with van der Waals surface area (Å²) in [6.07, 6.45) is 4.20. The van der Waals surface area contributed by atoms with Gasteiger partial charge >= 0.3 is 5.97 Å². The molecule has 3 aromatic rings. The summed E-state index contributed by atoms with van der Waals surface area (Å²) in [6.45, 7) is 1.59. The van der Waals surface area contributed by atoms with Crippen LogP contribution in [0.15, 0.2) is 66.9 Å². The van der Waals surface area contributed by atoms with Gasteiger partial charge < -0.3 is 21.7 Å². The van der Waals surface area contributed by atoms with E-state index in [9.17, 15) is 4.79 Å². The van der Waals surface area contributed by atoms with Gasteiger partial charge in [-0.05, 0) is 12.0 Å². The number of benzene rings is 2. The molecule has 0 radical (unpaired) electrons. The Morgan fingerprint density at radius 3 is 2.46 bits per heavy atom. The van der Waals surface area contributed by atoms with Gasteiger partial charge in [0, 0.05) is 5.56 Å². The maximum absolute atomic E-state index is 12.3. The van der Waals surface area contributed by atoms with Gasteiger partial charge in [0.15, 0.2) is 12.2 Å². The Balaban J connectivity index is 0.00000196. The van der Waals surface area contributed by atoms with E-state index in [4.69, 9.17) is 4.74 Å². The highest BCUT2D eigenvalue weighted by atomic mass is 79.9. The largest absolute Gasteiger partial charge is 1.00 e. The number of fused-ring (bicyclic) bond motifs is 1. The lowest BCUT2D eigenvalue weighted by molar-refractivity contribution is -0.692. The van der Waals surface area contributed by atoms with E-state index in [1.807, 2.05) is 53.1 Å². The zero-order chi connectivity index (χ0) is 17.1. The predicted octanol–water partition coefficient (Wildman–Crippen LogP) is 0.136. The van der Waals surface area contributed by atoms with Crippen molar-refractivity contribution in [1.82, 2.24) is 4.57 Å². The zero-order valence-corrected chi connectivity index (χ0v) is 16.1. The first-order valence-corrected chi connectivity index (χ1v) is 8.68. The van der Waals surface area contributed by atoms with Gasteiger partial charge in [0.1, 0.15) is 12.8 Å². The van der Waals surface area contributed by atoms with Crippen molar-refractivity contribution in [1.29, 1.82) is 0 Å². The van der Waals surface area contributed by atoms with E-state index in [0.29, 0.717) is 6.61 Å². The number of imidazole rings is 1. The molecule has 0 spiro atoms. The highest BCUT2D eigenvalue weighted by Crippen LogP contribution is 2.24. The third-order valence-electron chi connectivity index (χ3n) is 4.61. The molecule has 0 N–H and O–H groups in total. The standard InChI is InChI=1S/C21H21N2O2.BrH/c24-21(25-16-17-8-3-1-4-9-17)15-22-14-19(18-10-5-2-6-11-18)23-13-7-12-20(22)23;/h1-6,8-11,14H,7,12-13,15-16H2;1H/q+1;/p-1. The summed E-state index contributed by atoms with van der Waals surface area (Å²) in [5.41, 5.74) is 3.36. The summed E-state index contributed by atoms with van der Waals surface area (Å²) in [4.78, 5) is 12.3. The number of ether oxygens (including phenoxy) is 1. The number of rotatable bonds is 5. The molecule has 1 aromatic heterocycles. The Bertz CT molecular complexity index is 876. The fraction of sp³-hybridized carbons (Fsp3) is 0.238. The average Bonchev–Trinajstić information content (AvgIpc) is 3.26. The van der Waals surface area contributed by atoms with E-state index in [-0.39, 0.29) is 29.5 Å². The number of aromatic nitrogens is 2. The van der Waals surface area contributed by atoms with E-state index in [0.717, 1.165) is 24.9 Å². The lowest BCUT2D eigenvalue weighted by Gasteiger charge is -2.04. The van der Waals surface area contributed by atoms with E-state index < -0.39 is 0 Å². The highest BCUT2D eigenvalue weighted by molar-refractivity contribution is 5.68. The SMILES string of the molecule is O=C(C[n+]1cc(-c2ccccc2)n2c1CCC2)OCc1ccccc1.[Br-]. The third-order valence-corrected chi connectivity index (χ3v) is 4.61. The van der Waals surface area contributed by atoms with Crippen LogP contribution in [0, 0.1) is 0 Å². The summed E-state index contributed by atoms with van der Waals surface area (Å²) in [5, 5.41) is 0. The summed E-state index contributed by atoms with van der Waals surface area (Å²) in [5.74, 6) is 1.00. The Hall–Kier alpha value is -2.40. The molecule has 2 heterocycles. The first kappa shape index (κ1) is 18.4. The summed E-state index contributed by atoms with van der Waals surface area (Å²) < 4.78 is 9.80. The fourth-order valence-corrected chi connectivity index (χ4v) is 3.41. The van der Waals surface area contributed by atoms with E-state index in [1.165, 1.54) is 17.1 Å². The molecule has 0 atom stereocenters. The molecule has 4 rings (SSSR count). The van der Waals surface area contributed by atoms with E-state index >= 15 is 0 Å². The van der Waals surface area contributed by atoms with E-state index in [1.54, 1.807) is 0 Å². The van der Waals surface area contributed by atoms with Crippen LogP contribution < -0.4 is 21.5 Å². The molecule has 1 aliphatic heterocycles. The van der Waals surface area contributed by atoms with Crippen molar-refractivity contribution < 1.29 is 31.1 Å². The first-order valence-electron chi connectivity index (χ1n) is 8.68. The molecule has 5 heteroatoms. The number of hydrogen-bond acceptors (Lipinski definition) is 2. The molecule has 0 fully saturated rings. The number of esters is 1. The predicted molar refractivity (Wildman–Crippen MR) is 94.6 cm³/mol. The van der Waals surface area contributed by atoms with Gasteiger partial charge in [0.25, 0.3) is 5.82 Å². The minimum absolute atomic E-state index is 0. The van der Waals surface area contributed by atoms with Crippen molar-refractivity contribution in [3.05, 3.63) is 78.2 Å². The average molecular weight is 413 g/mol. The summed E-state index contributed by atoms with van der Waals surface area (Å²) >= 11 is 0. The molecule has 0 saturated carbocycles. The third kappa shape index (κ3) is 3.88. The lowest BCUT2D eigenvalue weighted by Crippen LogP contribution is -3.00. The van der Waals surface area contributed by atoms with Gasteiger partial charge in [-0.25, -0.2) is 13.9 Å². The summed E-state index contributed by atoms with van der Waals surface area (Å²) in [7, 11) is 0. The lowest BCUT2D eigenvalue weighted by atomic mass is 10.2. The Morgan fingerprint density at radius 1 is 1.04 bits per heavy atom. The smallest absolute Gasteiger partial charge is 0.348 e. The number of halogens is 1. The molecule has 0 saturated heterocycles. The normalized spacial score (nSPS) is 12.3. The molecule has 0 bridgehead atoms. The molecule has 26 heavy (non-hydrogen) atoms.